The fourth-order valence-corrected chi connectivity index (χ4v) is 1.93. The largest absolute Gasteiger partial charge is 0.392 e. The van der Waals surface area contributed by atoms with Gasteiger partial charge in [0.1, 0.15) is 5.78 Å². The first-order chi connectivity index (χ1) is 4.93. The molecule has 11 heavy (non-hydrogen) atoms. The van der Waals surface area contributed by atoms with E-state index in [1.165, 1.54) is 0 Å². The maximum atomic E-state index is 11.1. The number of aliphatic hydroxyl groups excluding tert-OH is 1. The van der Waals surface area contributed by atoms with Gasteiger partial charge in [-0.1, -0.05) is 20.8 Å². The van der Waals surface area contributed by atoms with Gasteiger partial charge in [0.15, 0.2) is 0 Å². The topological polar surface area (TPSA) is 37.3 Å². The van der Waals surface area contributed by atoms with Gasteiger partial charge < -0.3 is 5.11 Å². The third-order valence-electron chi connectivity index (χ3n) is 2.54. The molecule has 0 aliphatic heterocycles. The van der Waals surface area contributed by atoms with Crippen molar-refractivity contribution < 1.29 is 9.90 Å². The molecule has 1 N–H and O–H groups in total. The van der Waals surface area contributed by atoms with Gasteiger partial charge in [-0.05, 0) is 11.3 Å². The molecule has 1 aliphatic carbocycles. The van der Waals surface area contributed by atoms with E-state index in [9.17, 15) is 9.90 Å². The molecule has 0 bridgehead atoms. The van der Waals surface area contributed by atoms with Gasteiger partial charge in [0.2, 0.25) is 0 Å². The van der Waals surface area contributed by atoms with Crippen LogP contribution in [0.4, 0.5) is 0 Å². The Bertz CT molecular complexity index is 172. The maximum absolute atomic E-state index is 11.1. The van der Waals surface area contributed by atoms with Crippen LogP contribution in [0.15, 0.2) is 0 Å². The molecule has 0 amide bonds. The minimum absolute atomic E-state index is 0.131. The molecule has 2 unspecified atom stereocenters. The highest BCUT2D eigenvalue weighted by Crippen LogP contribution is 2.36. The van der Waals surface area contributed by atoms with Gasteiger partial charge in [0.05, 0.1) is 6.10 Å². The SMILES string of the molecule is CC1CC(=O)CC(C)(C)C1O. The quantitative estimate of drug-likeness (QED) is 0.575. The molecule has 0 radical (unpaired) electrons. The summed E-state index contributed by atoms with van der Waals surface area (Å²) in [5, 5.41) is 9.67. The number of rotatable bonds is 0. The molecule has 2 heteroatoms. The van der Waals surface area contributed by atoms with Crippen molar-refractivity contribution in [2.24, 2.45) is 11.3 Å². The lowest BCUT2D eigenvalue weighted by molar-refractivity contribution is -0.131. The van der Waals surface area contributed by atoms with Crippen molar-refractivity contribution in [1.82, 2.24) is 0 Å². The fourth-order valence-electron chi connectivity index (χ4n) is 1.93. The zero-order valence-electron chi connectivity index (χ0n) is 7.42. The standard InChI is InChI=1S/C9H16O2/c1-6-4-7(10)5-9(2,3)8(6)11/h6,8,11H,4-5H2,1-3H3. The Labute approximate surface area is 67.6 Å². The molecule has 1 fully saturated rings. The highest BCUT2D eigenvalue weighted by atomic mass is 16.3. The molecule has 2 nitrogen and oxygen atoms in total. The second-order valence-electron chi connectivity index (χ2n) is 4.33. The van der Waals surface area contributed by atoms with E-state index < -0.39 is 0 Å². The van der Waals surface area contributed by atoms with Crippen molar-refractivity contribution in [2.75, 3.05) is 0 Å². The van der Waals surface area contributed by atoms with Gasteiger partial charge >= 0.3 is 0 Å². The van der Waals surface area contributed by atoms with Crippen molar-refractivity contribution in [1.29, 1.82) is 0 Å². The van der Waals surface area contributed by atoms with Gasteiger partial charge in [-0.2, -0.15) is 0 Å². The van der Waals surface area contributed by atoms with E-state index in [1.807, 2.05) is 20.8 Å². The van der Waals surface area contributed by atoms with Crippen LogP contribution >= 0.6 is 0 Å². The lowest BCUT2D eigenvalue weighted by Gasteiger charge is -2.38. The Morgan fingerprint density at radius 2 is 2.09 bits per heavy atom. The molecule has 0 heterocycles. The zero-order valence-corrected chi connectivity index (χ0v) is 7.42. The maximum Gasteiger partial charge on any atom is 0.133 e. The molecule has 0 aromatic heterocycles. The predicted octanol–water partition coefficient (Wildman–Crippen LogP) is 1.37. The van der Waals surface area contributed by atoms with Crippen molar-refractivity contribution in [2.45, 2.75) is 39.7 Å². The van der Waals surface area contributed by atoms with Crippen LogP contribution < -0.4 is 0 Å². The first-order valence-corrected chi connectivity index (χ1v) is 4.13. The Hall–Kier alpha value is -0.370. The van der Waals surface area contributed by atoms with Gasteiger partial charge in [-0.25, -0.2) is 0 Å². The predicted molar refractivity (Wildman–Crippen MR) is 43.2 cm³/mol. The van der Waals surface area contributed by atoms with Crippen LogP contribution in [-0.2, 0) is 4.79 Å². The molecule has 0 spiro atoms. The second kappa shape index (κ2) is 2.59. The number of carbonyl (C=O) groups excluding carboxylic acids is 1. The van der Waals surface area contributed by atoms with E-state index in [4.69, 9.17) is 0 Å². The van der Waals surface area contributed by atoms with E-state index >= 15 is 0 Å². The summed E-state index contributed by atoms with van der Waals surface area (Å²) in [6, 6.07) is 0. The van der Waals surface area contributed by atoms with Crippen LogP contribution in [-0.4, -0.2) is 17.0 Å². The molecule has 2 atom stereocenters. The Morgan fingerprint density at radius 1 is 1.55 bits per heavy atom. The van der Waals surface area contributed by atoms with Crippen LogP contribution in [0.2, 0.25) is 0 Å². The van der Waals surface area contributed by atoms with Crippen LogP contribution in [0.25, 0.3) is 0 Å². The highest BCUT2D eigenvalue weighted by Gasteiger charge is 2.39. The Kier molecular flexibility index (Phi) is 2.06. The third kappa shape index (κ3) is 1.62. The van der Waals surface area contributed by atoms with Crippen molar-refractivity contribution in [3.63, 3.8) is 0 Å². The van der Waals surface area contributed by atoms with Crippen molar-refractivity contribution in [3.05, 3.63) is 0 Å². The van der Waals surface area contributed by atoms with E-state index in [-0.39, 0.29) is 23.2 Å². The molecule has 1 aliphatic rings. The molecular weight excluding hydrogens is 140 g/mol. The van der Waals surface area contributed by atoms with Crippen LogP contribution in [0.5, 0.6) is 0 Å². The molecule has 64 valence electrons. The van der Waals surface area contributed by atoms with Gasteiger partial charge in [0, 0.05) is 12.8 Å². The zero-order chi connectivity index (χ0) is 8.65. The fraction of sp³-hybridized carbons (Fsp3) is 0.889. The number of Topliss-reactive ketones (excluding diaryl/α,β-unsaturated/α-hetero) is 1. The lowest BCUT2D eigenvalue weighted by Crippen LogP contribution is -2.42. The number of aliphatic hydroxyl groups is 1. The van der Waals surface area contributed by atoms with Gasteiger partial charge in [0.25, 0.3) is 0 Å². The summed E-state index contributed by atoms with van der Waals surface area (Å²) in [4.78, 5) is 11.1. The average molecular weight is 156 g/mol. The number of hydrogen-bond donors (Lipinski definition) is 1. The Balaban J connectivity index is 2.75. The molecule has 0 aromatic rings. The summed E-state index contributed by atoms with van der Waals surface area (Å²) >= 11 is 0. The summed E-state index contributed by atoms with van der Waals surface area (Å²) in [5.74, 6) is 0.416. The lowest BCUT2D eigenvalue weighted by atomic mass is 9.70. The number of carbonyl (C=O) groups is 1. The molecule has 1 rings (SSSR count). The summed E-state index contributed by atoms with van der Waals surface area (Å²) < 4.78 is 0. The minimum Gasteiger partial charge on any atom is -0.392 e. The van der Waals surface area contributed by atoms with Crippen molar-refractivity contribution >= 4 is 5.78 Å². The number of ketones is 1. The summed E-state index contributed by atoms with van der Waals surface area (Å²) in [6.45, 7) is 5.83. The smallest absolute Gasteiger partial charge is 0.133 e. The normalized spacial score (nSPS) is 37.3. The third-order valence-corrected chi connectivity index (χ3v) is 2.54. The summed E-state index contributed by atoms with van der Waals surface area (Å²) in [7, 11) is 0. The molecular formula is C9H16O2. The Morgan fingerprint density at radius 3 is 2.55 bits per heavy atom. The van der Waals surface area contributed by atoms with Crippen LogP contribution in [0, 0.1) is 11.3 Å². The monoisotopic (exact) mass is 156 g/mol. The summed E-state index contributed by atoms with van der Waals surface area (Å²) in [5.41, 5.74) is -0.214. The highest BCUT2D eigenvalue weighted by molar-refractivity contribution is 5.80. The molecule has 1 saturated carbocycles. The summed E-state index contributed by atoms with van der Waals surface area (Å²) in [6.07, 6.45) is 0.753. The molecule has 0 aromatic carbocycles. The average Bonchev–Trinajstić information content (AvgIpc) is 1.81. The molecule has 0 saturated heterocycles. The van der Waals surface area contributed by atoms with E-state index in [1.54, 1.807) is 0 Å². The number of hydrogen-bond acceptors (Lipinski definition) is 2. The van der Waals surface area contributed by atoms with E-state index in [0.29, 0.717) is 12.8 Å². The van der Waals surface area contributed by atoms with E-state index in [0.717, 1.165) is 0 Å². The van der Waals surface area contributed by atoms with E-state index in [2.05, 4.69) is 0 Å². The van der Waals surface area contributed by atoms with Crippen molar-refractivity contribution in [3.8, 4) is 0 Å². The first kappa shape index (κ1) is 8.72. The first-order valence-electron chi connectivity index (χ1n) is 4.13. The minimum atomic E-state index is -0.319. The van der Waals surface area contributed by atoms with Gasteiger partial charge in [-0.3, -0.25) is 4.79 Å². The van der Waals surface area contributed by atoms with Gasteiger partial charge in [-0.15, -0.1) is 0 Å². The van der Waals surface area contributed by atoms with Crippen LogP contribution in [0.1, 0.15) is 33.6 Å². The second-order valence-corrected chi connectivity index (χ2v) is 4.33. The van der Waals surface area contributed by atoms with Crippen LogP contribution in [0.3, 0.4) is 0 Å².